The Hall–Kier alpha value is -2.11. The van der Waals surface area contributed by atoms with Crippen LogP contribution in [0.5, 0.6) is 0 Å². The molecule has 2 aromatic carbocycles. The number of halogens is 2. The lowest BCUT2D eigenvalue weighted by Crippen LogP contribution is -2.49. The number of piperazine rings is 1. The highest BCUT2D eigenvalue weighted by Gasteiger charge is 2.51. The molecular weight excluding hydrogens is 377 g/mol. The topological polar surface area (TPSA) is 35.6 Å². The van der Waals surface area contributed by atoms with Crippen LogP contribution in [0.2, 0.25) is 5.02 Å². The molecule has 0 unspecified atom stereocenters. The summed E-state index contributed by atoms with van der Waals surface area (Å²) < 4.78 is 13.1. The molecular formula is C22H25ClFN3O. The van der Waals surface area contributed by atoms with Crippen molar-refractivity contribution < 1.29 is 9.18 Å². The molecule has 2 aliphatic rings. The van der Waals surface area contributed by atoms with Crippen LogP contribution >= 0.6 is 11.6 Å². The van der Waals surface area contributed by atoms with Gasteiger partial charge in [-0.2, -0.15) is 0 Å². The summed E-state index contributed by atoms with van der Waals surface area (Å²) in [7, 11) is 0. The Morgan fingerprint density at radius 3 is 2.25 bits per heavy atom. The van der Waals surface area contributed by atoms with Gasteiger partial charge in [0.2, 0.25) is 5.91 Å². The van der Waals surface area contributed by atoms with Crippen molar-refractivity contribution in [1.82, 2.24) is 10.2 Å². The summed E-state index contributed by atoms with van der Waals surface area (Å²) in [5, 5.41) is 3.82. The van der Waals surface area contributed by atoms with E-state index in [-0.39, 0.29) is 17.1 Å². The third-order valence-corrected chi connectivity index (χ3v) is 6.11. The minimum atomic E-state index is -0.355. The predicted molar refractivity (Wildman–Crippen MR) is 110 cm³/mol. The summed E-state index contributed by atoms with van der Waals surface area (Å²) in [6.45, 7) is 5.21. The van der Waals surface area contributed by atoms with Gasteiger partial charge in [-0.25, -0.2) is 4.39 Å². The second kappa shape index (κ2) is 8.10. The van der Waals surface area contributed by atoms with Gasteiger partial charge in [-0.05, 0) is 54.8 Å². The minimum Gasteiger partial charge on any atom is -0.369 e. The van der Waals surface area contributed by atoms with Gasteiger partial charge in [0.1, 0.15) is 5.82 Å². The lowest BCUT2D eigenvalue weighted by Gasteiger charge is -2.36. The zero-order chi connectivity index (χ0) is 19.6. The number of nitrogens with one attached hydrogen (secondary N) is 1. The first-order valence-corrected chi connectivity index (χ1v) is 10.2. The maximum absolute atomic E-state index is 13.1. The van der Waals surface area contributed by atoms with Crippen LogP contribution in [-0.4, -0.2) is 50.1 Å². The Balaban J connectivity index is 1.22. The van der Waals surface area contributed by atoms with Crippen molar-refractivity contribution in [1.29, 1.82) is 0 Å². The zero-order valence-electron chi connectivity index (χ0n) is 15.8. The number of nitrogens with zero attached hydrogens (tertiary/aromatic N) is 2. The summed E-state index contributed by atoms with van der Waals surface area (Å²) in [4.78, 5) is 17.4. The first-order chi connectivity index (χ1) is 13.6. The molecule has 4 nitrogen and oxygen atoms in total. The minimum absolute atomic E-state index is 0.125. The van der Waals surface area contributed by atoms with E-state index in [9.17, 15) is 9.18 Å². The second-order valence-electron chi connectivity index (χ2n) is 7.65. The van der Waals surface area contributed by atoms with Gasteiger partial charge in [0.15, 0.2) is 0 Å². The highest BCUT2D eigenvalue weighted by molar-refractivity contribution is 6.30. The summed E-state index contributed by atoms with van der Waals surface area (Å²) >= 11 is 5.96. The third kappa shape index (κ3) is 4.15. The molecule has 1 saturated carbocycles. The summed E-state index contributed by atoms with van der Waals surface area (Å²) in [5.41, 5.74) is 1.77. The van der Waals surface area contributed by atoms with Crippen LogP contribution in [0.1, 0.15) is 18.4 Å². The fourth-order valence-corrected chi connectivity index (χ4v) is 4.05. The number of benzene rings is 2. The molecule has 4 rings (SSSR count). The molecule has 1 N–H and O–H groups in total. The zero-order valence-corrected chi connectivity index (χ0v) is 16.6. The molecule has 148 valence electrons. The van der Waals surface area contributed by atoms with Crippen molar-refractivity contribution in [3.8, 4) is 0 Å². The quantitative estimate of drug-likeness (QED) is 0.805. The monoisotopic (exact) mass is 401 g/mol. The molecule has 0 radical (unpaired) electrons. The van der Waals surface area contributed by atoms with E-state index in [0.29, 0.717) is 11.6 Å². The van der Waals surface area contributed by atoms with Gasteiger partial charge in [0, 0.05) is 50.0 Å². The Bertz CT molecular complexity index is 813. The van der Waals surface area contributed by atoms with Crippen LogP contribution < -0.4 is 10.2 Å². The van der Waals surface area contributed by atoms with Gasteiger partial charge in [-0.1, -0.05) is 23.7 Å². The largest absolute Gasteiger partial charge is 0.369 e. The van der Waals surface area contributed by atoms with Crippen LogP contribution in [0, 0.1) is 5.82 Å². The van der Waals surface area contributed by atoms with Crippen molar-refractivity contribution in [2.75, 3.05) is 44.2 Å². The van der Waals surface area contributed by atoms with E-state index >= 15 is 0 Å². The average molecular weight is 402 g/mol. The smallest absolute Gasteiger partial charge is 0.230 e. The first kappa shape index (κ1) is 19.2. The number of amides is 1. The van der Waals surface area contributed by atoms with Crippen LogP contribution in [0.25, 0.3) is 0 Å². The summed E-state index contributed by atoms with van der Waals surface area (Å²) in [6, 6.07) is 14.3. The van der Waals surface area contributed by atoms with Crippen molar-refractivity contribution in [3.05, 3.63) is 64.9 Å². The number of hydrogen-bond acceptors (Lipinski definition) is 3. The maximum atomic E-state index is 13.1. The van der Waals surface area contributed by atoms with Crippen molar-refractivity contribution in [2.24, 2.45) is 0 Å². The van der Waals surface area contributed by atoms with E-state index in [1.54, 1.807) is 0 Å². The number of hydrogen-bond donors (Lipinski definition) is 1. The maximum Gasteiger partial charge on any atom is 0.230 e. The molecule has 1 aliphatic heterocycles. The van der Waals surface area contributed by atoms with Gasteiger partial charge < -0.3 is 10.2 Å². The molecule has 1 heterocycles. The predicted octanol–water partition coefficient (Wildman–Crippen LogP) is 3.45. The molecule has 1 amide bonds. The lowest BCUT2D eigenvalue weighted by molar-refractivity contribution is -0.123. The second-order valence-corrected chi connectivity index (χ2v) is 8.09. The Labute approximate surface area is 170 Å². The number of rotatable bonds is 6. The average Bonchev–Trinajstić information content (AvgIpc) is 3.52. The fourth-order valence-electron chi connectivity index (χ4n) is 3.92. The number of carbonyl (C=O) groups excluding carboxylic acids is 1. The molecule has 2 fully saturated rings. The molecule has 1 saturated heterocycles. The number of anilines is 1. The highest BCUT2D eigenvalue weighted by Crippen LogP contribution is 2.48. The molecule has 0 bridgehead atoms. The van der Waals surface area contributed by atoms with Crippen LogP contribution in [0.4, 0.5) is 10.1 Å². The van der Waals surface area contributed by atoms with E-state index in [4.69, 9.17) is 11.6 Å². The molecule has 28 heavy (non-hydrogen) atoms. The van der Waals surface area contributed by atoms with E-state index in [1.807, 2.05) is 36.4 Å². The highest BCUT2D eigenvalue weighted by atomic mass is 35.5. The Morgan fingerprint density at radius 2 is 1.64 bits per heavy atom. The van der Waals surface area contributed by atoms with Crippen molar-refractivity contribution in [3.63, 3.8) is 0 Å². The van der Waals surface area contributed by atoms with E-state index in [2.05, 4.69) is 15.1 Å². The normalized spacial score (nSPS) is 18.7. The summed E-state index contributed by atoms with van der Waals surface area (Å²) in [5.74, 6) is -0.0788. The fraction of sp³-hybridized carbons (Fsp3) is 0.409. The first-order valence-electron chi connectivity index (χ1n) is 9.84. The van der Waals surface area contributed by atoms with Gasteiger partial charge in [-0.15, -0.1) is 0 Å². The number of carbonyl (C=O) groups is 1. The molecule has 6 heteroatoms. The Morgan fingerprint density at radius 1 is 1.00 bits per heavy atom. The molecule has 2 aromatic rings. The summed E-state index contributed by atoms with van der Waals surface area (Å²) in [6.07, 6.45) is 1.80. The van der Waals surface area contributed by atoms with Gasteiger partial charge in [-0.3, -0.25) is 9.69 Å². The third-order valence-electron chi connectivity index (χ3n) is 5.86. The molecule has 1 aliphatic carbocycles. The molecule has 0 aromatic heterocycles. The molecule has 0 atom stereocenters. The molecule has 0 spiro atoms. The van der Waals surface area contributed by atoms with Crippen molar-refractivity contribution in [2.45, 2.75) is 18.3 Å². The van der Waals surface area contributed by atoms with Crippen LogP contribution in [-0.2, 0) is 10.2 Å². The van der Waals surface area contributed by atoms with E-state index in [1.165, 1.54) is 12.1 Å². The SMILES string of the molecule is O=C(NCCN1CCN(c2ccc(F)cc2)CC1)C1(c2ccc(Cl)cc2)CC1. The lowest BCUT2D eigenvalue weighted by atomic mass is 9.95. The van der Waals surface area contributed by atoms with Gasteiger partial charge >= 0.3 is 0 Å². The van der Waals surface area contributed by atoms with Crippen LogP contribution in [0.15, 0.2) is 48.5 Å². The van der Waals surface area contributed by atoms with E-state index < -0.39 is 0 Å². The van der Waals surface area contributed by atoms with Crippen LogP contribution in [0.3, 0.4) is 0 Å². The Kier molecular flexibility index (Phi) is 5.56. The van der Waals surface area contributed by atoms with Gasteiger partial charge in [0.05, 0.1) is 5.41 Å². The van der Waals surface area contributed by atoms with Crippen molar-refractivity contribution >= 4 is 23.2 Å². The van der Waals surface area contributed by atoms with Gasteiger partial charge in [0.25, 0.3) is 0 Å². The van der Waals surface area contributed by atoms with E-state index in [0.717, 1.165) is 56.8 Å². The standard InChI is InChI=1S/C22H25ClFN3O/c23-18-3-1-17(2-4-18)22(9-10-22)21(28)25-11-12-26-13-15-27(16-14-26)20-7-5-19(24)6-8-20/h1-8H,9-16H2,(H,25,28).